The molecular formula is C15H18N2O3S. The fraction of sp³-hybridized carbons (Fsp3) is 0.200. The molecule has 2 aromatic rings. The second-order valence-electron chi connectivity index (χ2n) is 4.66. The van der Waals surface area contributed by atoms with Gasteiger partial charge in [0.2, 0.25) is 0 Å². The summed E-state index contributed by atoms with van der Waals surface area (Å²) < 4.78 is 32.7. The van der Waals surface area contributed by atoms with Gasteiger partial charge in [-0.25, -0.2) is 8.42 Å². The smallest absolute Gasteiger partial charge is 0.265 e. The van der Waals surface area contributed by atoms with Gasteiger partial charge in [0.15, 0.2) is 0 Å². The SMILES string of the molecule is COc1ccc(C)cc1S(=O)(=O)Nc1cccc(CN)c1. The van der Waals surface area contributed by atoms with E-state index in [-0.39, 0.29) is 4.90 Å². The van der Waals surface area contributed by atoms with Gasteiger partial charge >= 0.3 is 0 Å². The minimum atomic E-state index is -3.72. The van der Waals surface area contributed by atoms with Gasteiger partial charge in [-0.1, -0.05) is 18.2 Å². The first kappa shape index (κ1) is 15.3. The number of ether oxygens (including phenoxy) is 1. The zero-order valence-corrected chi connectivity index (χ0v) is 12.8. The van der Waals surface area contributed by atoms with E-state index in [1.807, 2.05) is 13.0 Å². The summed E-state index contributed by atoms with van der Waals surface area (Å²) >= 11 is 0. The third kappa shape index (κ3) is 3.53. The third-order valence-electron chi connectivity index (χ3n) is 3.02. The van der Waals surface area contributed by atoms with Crippen molar-refractivity contribution in [2.75, 3.05) is 11.8 Å². The van der Waals surface area contributed by atoms with Crippen LogP contribution in [0.15, 0.2) is 47.4 Å². The van der Waals surface area contributed by atoms with Crippen LogP contribution in [0.2, 0.25) is 0 Å². The Morgan fingerprint density at radius 3 is 2.62 bits per heavy atom. The van der Waals surface area contributed by atoms with Crippen LogP contribution in [0.1, 0.15) is 11.1 Å². The Bertz CT molecular complexity index is 742. The van der Waals surface area contributed by atoms with Crippen molar-refractivity contribution in [2.45, 2.75) is 18.4 Å². The maximum atomic E-state index is 12.5. The monoisotopic (exact) mass is 306 g/mol. The quantitative estimate of drug-likeness (QED) is 0.888. The van der Waals surface area contributed by atoms with E-state index in [4.69, 9.17) is 10.5 Å². The first-order chi connectivity index (χ1) is 9.96. The molecule has 0 aliphatic rings. The van der Waals surface area contributed by atoms with Crippen molar-refractivity contribution in [1.82, 2.24) is 0 Å². The number of sulfonamides is 1. The molecule has 21 heavy (non-hydrogen) atoms. The maximum Gasteiger partial charge on any atom is 0.265 e. The van der Waals surface area contributed by atoms with Crippen molar-refractivity contribution in [2.24, 2.45) is 5.73 Å². The van der Waals surface area contributed by atoms with Gasteiger partial charge in [-0.3, -0.25) is 4.72 Å². The molecule has 0 unspecified atom stereocenters. The lowest BCUT2D eigenvalue weighted by Gasteiger charge is -2.12. The molecular weight excluding hydrogens is 288 g/mol. The summed E-state index contributed by atoms with van der Waals surface area (Å²) in [6.45, 7) is 2.18. The largest absolute Gasteiger partial charge is 0.495 e. The number of nitrogens with one attached hydrogen (secondary N) is 1. The molecule has 0 radical (unpaired) electrons. The molecule has 0 aliphatic carbocycles. The molecule has 112 valence electrons. The Hall–Kier alpha value is -2.05. The molecule has 0 saturated heterocycles. The Labute approximate surface area is 124 Å². The summed E-state index contributed by atoms with van der Waals surface area (Å²) in [5.41, 5.74) is 7.73. The molecule has 2 aromatic carbocycles. The lowest BCUT2D eigenvalue weighted by atomic mass is 10.2. The molecule has 0 aliphatic heterocycles. The molecule has 3 N–H and O–H groups in total. The highest BCUT2D eigenvalue weighted by Crippen LogP contribution is 2.26. The van der Waals surface area contributed by atoms with E-state index in [9.17, 15) is 8.42 Å². The van der Waals surface area contributed by atoms with E-state index in [1.165, 1.54) is 7.11 Å². The highest BCUT2D eigenvalue weighted by Gasteiger charge is 2.19. The number of rotatable bonds is 5. The summed E-state index contributed by atoms with van der Waals surface area (Å²) in [6.07, 6.45) is 0. The zero-order valence-electron chi connectivity index (χ0n) is 12.0. The fourth-order valence-corrected chi connectivity index (χ4v) is 3.27. The molecule has 0 spiro atoms. The molecule has 6 heteroatoms. The van der Waals surface area contributed by atoms with Crippen molar-refractivity contribution in [3.8, 4) is 5.75 Å². The number of hydrogen-bond donors (Lipinski definition) is 2. The standard InChI is InChI=1S/C15H18N2O3S/c1-11-6-7-14(20-2)15(8-11)21(18,19)17-13-5-3-4-12(9-13)10-16/h3-9,17H,10,16H2,1-2H3. The molecule has 0 amide bonds. The topological polar surface area (TPSA) is 81.4 Å². The van der Waals surface area contributed by atoms with Gasteiger partial charge in [-0.05, 0) is 42.3 Å². The summed E-state index contributed by atoms with van der Waals surface area (Å²) in [4.78, 5) is 0.114. The van der Waals surface area contributed by atoms with Crippen molar-refractivity contribution in [3.63, 3.8) is 0 Å². The van der Waals surface area contributed by atoms with Gasteiger partial charge in [-0.2, -0.15) is 0 Å². The molecule has 0 heterocycles. The molecule has 0 bridgehead atoms. The Balaban J connectivity index is 2.40. The van der Waals surface area contributed by atoms with Gasteiger partial charge in [0, 0.05) is 12.2 Å². The van der Waals surface area contributed by atoms with Crippen LogP contribution in [0.3, 0.4) is 0 Å². The van der Waals surface area contributed by atoms with Crippen LogP contribution >= 0.6 is 0 Å². The number of anilines is 1. The van der Waals surface area contributed by atoms with Crippen molar-refractivity contribution < 1.29 is 13.2 Å². The van der Waals surface area contributed by atoms with Crippen molar-refractivity contribution in [1.29, 1.82) is 0 Å². The van der Waals surface area contributed by atoms with Crippen LogP contribution in [-0.4, -0.2) is 15.5 Å². The van der Waals surface area contributed by atoms with Gasteiger partial charge in [0.25, 0.3) is 10.0 Å². The summed E-state index contributed by atoms with van der Waals surface area (Å²) in [5.74, 6) is 0.308. The Kier molecular flexibility index (Phi) is 4.50. The lowest BCUT2D eigenvalue weighted by molar-refractivity contribution is 0.402. The number of nitrogens with two attached hydrogens (primary N) is 1. The van der Waals surface area contributed by atoms with Gasteiger partial charge < -0.3 is 10.5 Å². The Morgan fingerprint density at radius 2 is 1.95 bits per heavy atom. The predicted octanol–water partition coefficient (Wildman–Crippen LogP) is 2.26. The van der Waals surface area contributed by atoms with Crippen molar-refractivity contribution in [3.05, 3.63) is 53.6 Å². The van der Waals surface area contributed by atoms with Crippen LogP contribution in [0.5, 0.6) is 5.75 Å². The third-order valence-corrected chi connectivity index (χ3v) is 4.43. The highest BCUT2D eigenvalue weighted by atomic mass is 32.2. The first-order valence-corrected chi connectivity index (χ1v) is 7.91. The van der Waals surface area contributed by atoms with Crippen LogP contribution in [-0.2, 0) is 16.6 Å². The van der Waals surface area contributed by atoms with E-state index >= 15 is 0 Å². The molecule has 0 atom stereocenters. The molecule has 5 nitrogen and oxygen atoms in total. The van der Waals surface area contributed by atoms with Crippen LogP contribution in [0.25, 0.3) is 0 Å². The lowest BCUT2D eigenvalue weighted by Crippen LogP contribution is -2.14. The van der Waals surface area contributed by atoms with Crippen LogP contribution in [0, 0.1) is 6.92 Å². The number of benzene rings is 2. The van der Waals surface area contributed by atoms with E-state index in [2.05, 4.69) is 4.72 Å². The maximum absolute atomic E-state index is 12.5. The van der Waals surface area contributed by atoms with Crippen LogP contribution in [0.4, 0.5) is 5.69 Å². The zero-order chi connectivity index (χ0) is 15.5. The van der Waals surface area contributed by atoms with Crippen molar-refractivity contribution >= 4 is 15.7 Å². The Morgan fingerprint density at radius 1 is 1.19 bits per heavy atom. The average Bonchev–Trinajstić information content (AvgIpc) is 2.47. The average molecular weight is 306 g/mol. The van der Waals surface area contributed by atoms with E-state index < -0.39 is 10.0 Å². The minimum Gasteiger partial charge on any atom is -0.495 e. The normalized spacial score (nSPS) is 11.2. The van der Waals surface area contributed by atoms with Crippen LogP contribution < -0.4 is 15.2 Å². The molecule has 0 fully saturated rings. The van der Waals surface area contributed by atoms with Gasteiger partial charge in [0.1, 0.15) is 10.6 Å². The molecule has 2 rings (SSSR count). The van der Waals surface area contributed by atoms with E-state index in [0.29, 0.717) is 18.0 Å². The predicted molar refractivity (Wildman–Crippen MR) is 82.9 cm³/mol. The second kappa shape index (κ2) is 6.15. The summed E-state index contributed by atoms with van der Waals surface area (Å²) in [7, 11) is -2.28. The molecule has 0 aromatic heterocycles. The minimum absolute atomic E-state index is 0.114. The summed E-state index contributed by atoms with van der Waals surface area (Å²) in [5, 5.41) is 0. The fourth-order valence-electron chi connectivity index (χ4n) is 1.97. The number of aryl methyl sites for hydroxylation is 1. The van der Waals surface area contributed by atoms with E-state index in [0.717, 1.165) is 11.1 Å². The number of hydrogen-bond acceptors (Lipinski definition) is 4. The summed E-state index contributed by atoms with van der Waals surface area (Å²) in [6, 6.07) is 12.0. The van der Waals surface area contributed by atoms with Gasteiger partial charge in [-0.15, -0.1) is 0 Å². The molecule has 0 saturated carbocycles. The number of methoxy groups -OCH3 is 1. The first-order valence-electron chi connectivity index (χ1n) is 6.43. The second-order valence-corrected chi connectivity index (χ2v) is 6.32. The van der Waals surface area contributed by atoms with Gasteiger partial charge in [0.05, 0.1) is 7.11 Å². The highest BCUT2D eigenvalue weighted by molar-refractivity contribution is 7.92. The van der Waals surface area contributed by atoms with E-state index in [1.54, 1.807) is 36.4 Å².